The van der Waals surface area contributed by atoms with Crippen molar-refractivity contribution in [3.05, 3.63) is 0 Å². The number of ether oxygens (including phenoxy) is 1. The number of epoxide rings is 1. The number of fused-ring (bicyclic) bond motifs is 7. The molecule has 1 heteroatoms. The van der Waals surface area contributed by atoms with Gasteiger partial charge in [-0.15, -0.1) is 0 Å². The first kappa shape index (κ1) is 6.42. The van der Waals surface area contributed by atoms with Crippen molar-refractivity contribution in [1.82, 2.24) is 0 Å². The van der Waals surface area contributed by atoms with Crippen LogP contribution in [0, 0.1) is 29.6 Å². The summed E-state index contributed by atoms with van der Waals surface area (Å²) in [6.45, 7) is 2.45. The van der Waals surface area contributed by atoms with Crippen LogP contribution in [0.4, 0.5) is 0 Å². The molecule has 2 bridgehead atoms. The summed E-state index contributed by atoms with van der Waals surface area (Å²) >= 11 is 0. The van der Waals surface area contributed by atoms with Crippen LogP contribution < -0.4 is 0 Å². The highest BCUT2D eigenvalue weighted by molar-refractivity contribution is 5.13. The first-order valence-electron chi connectivity index (χ1n) is 5.50. The molecular formula is C11H16O. The lowest BCUT2D eigenvalue weighted by Gasteiger charge is -2.30. The third kappa shape index (κ3) is 0.555. The van der Waals surface area contributed by atoms with Crippen LogP contribution in [0.1, 0.15) is 26.2 Å². The maximum atomic E-state index is 5.67. The van der Waals surface area contributed by atoms with Crippen LogP contribution in [-0.2, 0) is 4.74 Å². The van der Waals surface area contributed by atoms with Crippen LogP contribution in [0.15, 0.2) is 0 Å². The van der Waals surface area contributed by atoms with Gasteiger partial charge in [0.2, 0.25) is 0 Å². The van der Waals surface area contributed by atoms with Gasteiger partial charge in [0.1, 0.15) is 0 Å². The van der Waals surface area contributed by atoms with Gasteiger partial charge in [0, 0.05) is 0 Å². The van der Waals surface area contributed by atoms with Gasteiger partial charge in [0.15, 0.2) is 0 Å². The summed E-state index contributed by atoms with van der Waals surface area (Å²) < 4.78 is 5.67. The van der Waals surface area contributed by atoms with E-state index in [-0.39, 0.29) is 0 Å². The second-order valence-corrected chi connectivity index (χ2v) is 5.49. The molecule has 0 spiro atoms. The summed E-state index contributed by atoms with van der Waals surface area (Å²) in [6, 6.07) is 0. The van der Waals surface area contributed by atoms with Crippen molar-refractivity contribution in [1.29, 1.82) is 0 Å². The summed E-state index contributed by atoms with van der Waals surface area (Å²) in [5.74, 6) is 5.27. The van der Waals surface area contributed by atoms with Gasteiger partial charge >= 0.3 is 0 Å². The van der Waals surface area contributed by atoms with Crippen LogP contribution >= 0.6 is 0 Å². The fourth-order valence-electron chi connectivity index (χ4n) is 4.64. The fraction of sp³-hybridized carbons (Fsp3) is 1.00. The Hall–Kier alpha value is -0.0400. The second-order valence-electron chi connectivity index (χ2n) is 5.49. The highest BCUT2D eigenvalue weighted by Crippen LogP contribution is 2.65. The van der Waals surface area contributed by atoms with Crippen molar-refractivity contribution in [2.45, 2.75) is 38.4 Å². The summed E-state index contributed by atoms with van der Waals surface area (Å²) in [5.41, 5.74) is 0. The zero-order valence-electron chi connectivity index (χ0n) is 7.57. The summed E-state index contributed by atoms with van der Waals surface area (Å²) in [7, 11) is 0. The van der Waals surface area contributed by atoms with E-state index in [1.165, 1.54) is 12.8 Å². The average molecular weight is 164 g/mol. The molecule has 1 heterocycles. The normalized spacial score (nSPS) is 71.2. The Labute approximate surface area is 73.5 Å². The Bertz CT molecular complexity index is 237. The van der Waals surface area contributed by atoms with E-state index in [9.17, 15) is 0 Å². The van der Waals surface area contributed by atoms with Gasteiger partial charge in [-0.25, -0.2) is 0 Å². The lowest BCUT2D eigenvalue weighted by Crippen LogP contribution is -2.27. The molecule has 3 saturated carbocycles. The third-order valence-electron chi connectivity index (χ3n) is 5.08. The van der Waals surface area contributed by atoms with Gasteiger partial charge in [0.25, 0.3) is 0 Å². The molecule has 0 radical (unpaired) electrons. The molecular weight excluding hydrogens is 148 g/mol. The maximum absolute atomic E-state index is 5.67. The minimum atomic E-state index is 0.718. The molecule has 0 aromatic carbocycles. The third-order valence-corrected chi connectivity index (χ3v) is 5.08. The smallest absolute Gasteiger partial charge is 0.0875 e. The van der Waals surface area contributed by atoms with E-state index < -0.39 is 0 Å². The van der Waals surface area contributed by atoms with Crippen LogP contribution in [0.25, 0.3) is 0 Å². The zero-order chi connectivity index (χ0) is 7.87. The summed E-state index contributed by atoms with van der Waals surface area (Å²) in [6.07, 6.45) is 5.95. The Balaban J connectivity index is 1.74. The van der Waals surface area contributed by atoms with Gasteiger partial charge < -0.3 is 4.74 Å². The van der Waals surface area contributed by atoms with E-state index in [1.54, 1.807) is 6.42 Å². The Morgan fingerprint density at radius 3 is 2.92 bits per heavy atom. The molecule has 0 N–H and O–H groups in total. The van der Waals surface area contributed by atoms with E-state index >= 15 is 0 Å². The standard InChI is InChI=1S/C11H16O/c1-5-2-6-3-7(5)10-8(6)4-9-11(10)12-9/h5-11H,2-4H2,1H3. The van der Waals surface area contributed by atoms with Gasteiger partial charge in [-0.1, -0.05) is 6.92 Å². The topological polar surface area (TPSA) is 12.5 Å². The lowest BCUT2D eigenvalue weighted by molar-refractivity contribution is 0.118. The number of hydrogen-bond acceptors (Lipinski definition) is 1. The molecule has 4 fully saturated rings. The van der Waals surface area contributed by atoms with E-state index in [1.807, 2.05) is 0 Å². The molecule has 1 aliphatic heterocycles. The second kappa shape index (κ2) is 1.75. The first-order valence-corrected chi connectivity index (χ1v) is 5.50. The van der Waals surface area contributed by atoms with Crippen LogP contribution in [0.2, 0.25) is 0 Å². The Morgan fingerprint density at radius 2 is 2.00 bits per heavy atom. The molecule has 1 saturated heterocycles. The molecule has 7 unspecified atom stereocenters. The molecule has 66 valence electrons. The van der Waals surface area contributed by atoms with Crippen molar-refractivity contribution >= 4 is 0 Å². The Kier molecular flexibility index (Phi) is 0.934. The number of rotatable bonds is 0. The quantitative estimate of drug-likeness (QED) is 0.499. The number of hydrogen-bond donors (Lipinski definition) is 0. The molecule has 0 amide bonds. The van der Waals surface area contributed by atoms with Crippen LogP contribution in [-0.4, -0.2) is 12.2 Å². The monoisotopic (exact) mass is 164 g/mol. The van der Waals surface area contributed by atoms with Gasteiger partial charge in [-0.3, -0.25) is 0 Å². The van der Waals surface area contributed by atoms with Crippen LogP contribution in [0.5, 0.6) is 0 Å². The maximum Gasteiger partial charge on any atom is 0.0875 e. The predicted octanol–water partition coefficient (Wildman–Crippen LogP) is 2.07. The van der Waals surface area contributed by atoms with Crippen molar-refractivity contribution in [2.24, 2.45) is 29.6 Å². The zero-order valence-corrected chi connectivity index (χ0v) is 7.57. The molecule has 12 heavy (non-hydrogen) atoms. The van der Waals surface area contributed by atoms with E-state index in [0.717, 1.165) is 41.8 Å². The van der Waals surface area contributed by atoms with Gasteiger partial charge in [-0.05, 0) is 48.9 Å². The molecule has 0 aromatic heterocycles. The minimum absolute atomic E-state index is 0.718. The van der Waals surface area contributed by atoms with Crippen LogP contribution in [0.3, 0.4) is 0 Å². The van der Waals surface area contributed by atoms with Crippen molar-refractivity contribution < 1.29 is 4.74 Å². The Morgan fingerprint density at radius 1 is 1.08 bits per heavy atom. The average Bonchev–Trinajstić information content (AvgIpc) is 2.42. The van der Waals surface area contributed by atoms with Crippen molar-refractivity contribution in [3.63, 3.8) is 0 Å². The highest BCUT2D eigenvalue weighted by Gasteiger charge is 2.65. The molecule has 0 aromatic rings. The molecule has 4 rings (SSSR count). The van der Waals surface area contributed by atoms with Gasteiger partial charge in [0.05, 0.1) is 12.2 Å². The van der Waals surface area contributed by atoms with Crippen molar-refractivity contribution in [3.8, 4) is 0 Å². The van der Waals surface area contributed by atoms with Gasteiger partial charge in [-0.2, -0.15) is 0 Å². The SMILES string of the molecule is CC1CC2CC1C1C2CC2OC21. The largest absolute Gasteiger partial charge is 0.369 e. The predicted molar refractivity (Wildman–Crippen MR) is 45.6 cm³/mol. The summed E-state index contributed by atoms with van der Waals surface area (Å²) in [4.78, 5) is 0. The fourth-order valence-corrected chi connectivity index (χ4v) is 4.64. The van der Waals surface area contributed by atoms with E-state index in [4.69, 9.17) is 4.74 Å². The molecule has 3 aliphatic carbocycles. The first-order chi connectivity index (χ1) is 5.84. The van der Waals surface area contributed by atoms with E-state index in [2.05, 4.69) is 6.92 Å². The molecule has 4 aliphatic rings. The lowest BCUT2D eigenvalue weighted by atomic mass is 9.76. The minimum Gasteiger partial charge on any atom is -0.369 e. The molecule has 7 atom stereocenters. The summed E-state index contributed by atoms with van der Waals surface area (Å²) in [5, 5.41) is 0. The van der Waals surface area contributed by atoms with Crippen molar-refractivity contribution in [2.75, 3.05) is 0 Å². The molecule has 1 nitrogen and oxygen atoms in total. The van der Waals surface area contributed by atoms with E-state index in [0.29, 0.717) is 0 Å². The highest BCUT2D eigenvalue weighted by atomic mass is 16.6.